The van der Waals surface area contributed by atoms with Gasteiger partial charge in [0.15, 0.2) is 5.84 Å². The van der Waals surface area contributed by atoms with Crippen molar-refractivity contribution in [2.24, 2.45) is 16.6 Å². The first-order valence-corrected chi connectivity index (χ1v) is 32.5. The normalized spacial score (nSPS) is 10.4. The first kappa shape index (κ1) is 95.2. The number of nitro benzene ring substituents is 4. The molecule has 3 amide bonds. The molecule has 0 spiro atoms. The Morgan fingerprint density at radius 1 is 0.496 bits per heavy atom. The molecule has 608 valence electrons. The number of amidine groups is 1. The maximum absolute atomic E-state index is 11.6. The van der Waals surface area contributed by atoms with E-state index < -0.39 is 66.5 Å². The van der Waals surface area contributed by atoms with Crippen molar-refractivity contribution in [1.29, 1.82) is 0 Å². The number of nitrogens with zero attached hydrogens (tertiary/aromatic N) is 13. The van der Waals surface area contributed by atoms with E-state index in [1.807, 2.05) is 19.1 Å². The van der Waals surface area contributed by atoms with E-state index in [0.717, 1.165) is 11.1 Å². The number of esters is 1. The Labute approximate surface area is 652 Å². The predicted molar refractivity (Wildman–Crippen MR) is 400 cm³/mol. The molecular weight excluding hydrogens is 1540 g/mol. The van der Waals surface area contributed by atoms with E-state index in [0.29, 0.717) is 73.6 Å². The fourth-order valence-electron chi connectivity index (χ4n) is 7.93. The molecule has 4 aromatic heterocycles. The third kappa shape index (κ3) is 34.1. The molecule has 44 nitrogen and oxygen atoms in total. The lowest BCUT2D eigenvalue weighted by atomic mass is 10.1. The van der Waals surface area contributed by atoms with Crippen LogP contribution in [0.15, 0.2) is 114 Å². The number of nitrogens with one attached hydrogen (secondary N) is 3. The van der Waals surface area contributed by atoms with E-state index in [4.69, 9.17) is 55.1 Å². The molecule has 0 radical (unpaired) electrons. The Bertz CT molecular complexity index is 4780. The zero-order chi connectivity index (χ0) is 84.3. The molecule has 46 heteroatoms. The van der Waals surface area contributed by atoms with Crippen molar-refractivity contribution in [1.82, 2.24) is 56.5 Å². The molecular formula is C67H81Cl2N19O25. The average molecular weight is 1620 g/mol. The number of amides is 3. The van der Waals surface area contributed by atoms with Gasteiger partial charge in [0.05, 0.1) is 60.4 Å². The number of rotatable bonds is 19. The van der Waals surface area contributed by atoms with E-state index >= 15 is 0 Å². The van der Waals surface area contributed by atoms with Crippen LogP contribution < -0.4 is 33.2 Å². The van der Waals surface area contributed by atoms with Crippen LogP contribution in [0.2, 0.25) is 0 Å². The van der Waals surface area contributed by atoms with Gasteiger partial charge in [-0.25, -0.2) is 19.2 Å². The fourth-order valence-corrected chi connectivity index (χ4v) is 7.93. The number of nitrogens with two attached hydrogens (primary N) is 3. The van der Waals surface area contributed by atoms with Crippen LogP contribution >= 0.6 is 24.0 Å². The molecule has 0 aliphatic carbocycles. The summed E-state index contributed by atoms with van der Waals surface area (Å²) in [6.07, 6.45) is -2.02. The van der Waals surface area contributed by atoms with Crippen molar-refractivity contribution in [3.63, 3.8) is 0 Å². The van der Waals surface area contributed by atoms with Crippen LogP contribution in [0.25, 0.3) is 45.6 Å². The fraction of sp³-hybridized carbons (Fsp3) is 0.328. The Morgan fingerprint density at radius 2 is 0.805 bits per heavy atom. The molecule has 4 heterocycles. The van der Waals surface area contributed by atoms with E-state index in [2.05, 4.69) is 87.5 Å². The molecule has 0 saturated heterocycles. The zero-order valence-corrected chi connectivity index (χ0v) is 64.6. The minimum Gasteiger partial charge on any atom is -0.481 e. The molecule has 9 aromatic rings. The van der Waals surface area contributed by atoms with Gasteiger partial charge in [-0.05, 0) is 87.8 Å². The van der Waals surface area contributed by atoms with Crippen molar-refractivity contribution in [3.05, 3.63) is 188 Å². The van der Waals surface area contributed by atoms with Crippen LogP contribution in [0, 0.1) is 75.1 Å². The van der Waals surface area contributed by atoms with Crippen LogP contribution in [-0.2, 0) is 59.5 Å². The Balaban J connectivity index is 0.000000459. The number of halogens is 2. The summed E-state index contributed by atoms with van der Waals surface area (Å²) in [6.45, 7) is 19.2. The summed E-state index contributed by atoms with van der Waals surface area (Å²) in [7, 11) is 3.74. The second kappa shape index (κ2) is 45.8. The number of methoxy groups -OCH3 is 3. The number of aromatic nitrogens is 8. The van der Waals surface area contributed by atoms with Crippen molar-refractivity contribution in [3.8, 4) is 45.6 Å². The van der Waals surface area contributed by atoms with Crippen molar-refractivity contribution >= 4 is 93.9 Å². The van der Waals surface area contributed by atoms with Crippen molar-refractivity contribution in [2.75, 3.05) is 27.1 Å². The maximum Gasteiger partial charge on any atom is 0.408 e. The highest BCUT2D eigenvalue weighted by Crippen LogP contribution is 2.29. The largest absolute Gasteiger partial charge is 0.481 e. The predicted octanol–water partition coefficient (Wildman–Crippen LogP) is 11.3. The van der Waals surface area contributed by atoms with Crippen LogP contribution in [0.3, 0.4) is 0 Å². The van der Waals surface area contributed by atoms with Crippen LogP contribution in [0.4, 0.5) is 47.6 Å². The molecule has 0 aliphatic heterocycles. The summed E-state index contributed by atoms with van der Waals surface area (Å²) in [5.41, 5.74) is 20.9. The van der Waals surface area contributed by atoms with Crippen LogP contribution in [-0.4, -0.2) is 145 Å². The number of aliphatic carboxylic acids is 1. The number of ether oxygens (including phenoxy) is 5. The van der Waals surface area contributed by atoms with Crippen LogP contribution in [0.5, 0.6) is 0 Å². The Hall–Kier alpha value is -13.9. The molecule has 0 atom stereocenters. The Kier molecular flexibility index (Phi) is 38.6. The number of nitro groups is 4. The number of alkyl carbamates (subject to hydrolysis) is 3. The molecule has 5 aromatic carbocycles. The third-order valence-corrected chi connectivity index (χ3v) is 13.6. The van der Waals surface area contributed by atoms with Gasteiger partial charge in [-0.15, -0.1) is 12.4 Å². The SMILES string of the molecule is CC(C)(C)OC(=O)CCC(=O)O.COC(=O)Cl.COC(=O)NCc1nc(-c2ccc(C)c(N)c2)no1.COC(=O)NCc1nc(-c2ccc(C)c([N+](=O)[O-])c2)no1.Cc1ccc(-c2noc(CN)n2)cc1[N+](=O)[O-].Cc1ccc(-c2noc(CNC(=O)OC(C)(C)C)n2)cc1[N+](=O)[O-].Cc1ccc(/C(N)=N/O)cc1[N+](=O)[O-].Cl. The molecule has 9 rings (SSSR count). The highest BCUT2D eigenvalue weighted by atomic mass is 35.5. The zero-order valence-electron chi connectivity index (χ0n) is 63.0. The van der Waals surface area contributed by atoms with Gasteiger partial charge in [-0.1, -0.05) is 86.4 Å². The minimum absolute atomic E-state index is 0. The molecule has 0 bridgehead atoms. The highest BCUT2D eigenvalue weighted by molar-refractivity contribution is 6.61. The number of anilines is 1. The summed E-state index contributed by atoms with van der Waals surface area (Å²) >= 11 is 4.60. The number of carbonyl (C=O) groups is 6. The quantitative estimate of drug-likeness (QED) is 0.00429. The summed E-state index contributed by atoms with van der Waals surface area (Å²) in [4.78, 5) is 121. The summed E-state index contributed by atoms with van der Waals surface area (Å²) in [5, 5.41) is 85.0. The molecule has 0 saturated carbocycles. The molecule has 0 unspecified atom stereocenters. The number of oxime groups is 1. The van der Waals surface area contributed by atoms with Crippen LogP contribution in [0.1, 0.15) is 111 Å². The van der Waals surface area contributed by atoms with Gasteiger partial charge in [0.25, 0.3) is 22.7 Å². The number of carboxylic acid groups (broad SMARTS) is 1. The number of benzene rings is 5. The van der Waals surface area contributed by atoms with E-state index in [1.165, 1.54) is 45.6 Å². The molecule has 0 aliphatic rings. The lowest BCUT2D eigenvalue weighted by Crippen LogP contribution is -2.32. The first-order valence-electron chi connectivity index (χ1n) is 32.2. The van der Waals surface area contributed by atoms with Crippen molar-refractivity contribution < 1.29 is 101 Å². The second-order valence-electron chi connectivity index (χ2n) is 24.3. The van der Waals surface area contributed by atoms with Gasteiger partial charge in [-0.2, -0.15) is 19.9 Å². The van der Waals surface area contributed by atoms with E-state index in [9.17, 15) is 69.2 Å². The van der Waals surface area contributed by atoms with Gasteiger partial charge in [0.1, 0.15) is 30.8 Å². The first-order chi connectivity index (χ1) is 52.5. The topological polar surface area (TPSA) is 644 Å². The summed E-state index contributed by atoms with van der Waals surface area (Å²) in [6, 6.07) is 23.9. The Morgan fingerprint density at radius 3 is 1.10 bits per heavy atom. The average Bonchev–Trinajstić information content (AvgIpc) is 1.49. The minimum atomic E-state index is -0.985. The number of carbonyl (C=O) groups excluding carboxylic acids is 5. The van der Waals surface area contributed by atoms with Crippen molar-refractivity contribution in [2.45, 2.75) is 126 Å². The molecule has 113 heavy (non-hydrogen) atoms. The third-order valence-electron chi connectivity index (χ3n) is 13.4. The lowest BCUT2D eigenvalue weighted by Gasteiger charge is -2.19. The van der Waals surface area contributed by atoms with Gasteiger partial charge >= 0.3 is 35.6 Å². The van der Waals surface area contributed by atoms with E-state index in [-0.39, 0.29) is 103 Å². The van der Waals surface area contributed by atoms with Gasteiger partial charge < -0.3 is 85.2 Å². The maximum atomic E-state index is 11.6. The van der Waals surface area contributed by atoms with E-state index in [1.54, 1.807) is 124 Å². The van der Waals surface area contributed by atoms with Gasteiger partial charge in [0.2, 0.25) is 46.9 Å². The molecule has 0 fully saturated rings. The molecule has 11 N–H and O–H groups in total. The van der Waals surface area contributed by atoms with Gasteiger partial charge in [0, 0.05) is 91.6 Å². The number of hydrogen-bond donors (Lipinski definition) is 8. The lowest BCUT2D eigenvalue weighted by molar-refractivity contribution is -0.385. The highest BCUT2D eigenvalue weighted by Gasteiger charge is 2.22. The number of aryl methyl sites for hydroxylation is 5. The summed E-state index contributed by atoms with van der Waals surface area (Å²) in [5.74, 6) is 0.458. The number of carboxylic acids is 1. The smallest absolute Gasteiger partial charge is 0.408 e. The second-order valence-corrected chi connectivity index (χ2v) is 24.6. The summed E-state index contributed by atoms with van der Waals surface area (Å²) < 4.78 is 42.5. The van der Waals surface area contributed by atoms with Gasteiger partial charge in [-0.3, -0.25) is 50.0 Å². The monoisotopic (exact) mass is 1620 g/mol. The standard InChI is InChI=1S/C15H18N4O5.C12H12N4O5.C12H14N4O3.C10H10N4O3.C8H9N3O3.C8H14O4.C2H3ClO2.ClH/c1-9-5-6-10(7-11(9)19(21)22)13-17-12(24-18-13)8-16-14(20)23-15(2,3)4;1-7-3-4-8(5-9(7)16(18)19)11-14-10(21-15-11)6-13-12(17)20-2;1-7-3-4-8(5-9(7)13)11-15-10(19-16-11)6-14-12(17)18-2;1-6-2-3-7(4-8(6)14(15)16)10-12-9(5-11)17-13-10;1-5-2-3-6(8(9)10-12)4-7(5)11(13)14;1-8(2,3)12-7(11)5-4-6(9)10;1-5-2(3)4;/h5-7H,8H2,1-4H3,(H,16,20);3-5H,6H2,1-2H3,(H,13,17);3-5H,6,13H2,1-2H3,(H,14,17);2-4H,5,11H2,1H3;2-4,12H,1H3,(H2,9,10);4-5H2,1-3H3,(H,9,10);1H3;1H. The number of nitrogen functional groups attached to an aromatic ring is 1. The number of hydrogen-bond acceptors (Lipinski definition) is 35.